The van der Waals surface area contributed by atoms with Gasteiger partial charge in [-0.15, -0.1) is 0 Å². The van der Waals surface area contributed by atoms with Crippen LogP contribution in [0.5, 0.6) is 0 Å². The van der Waals surface area contributed by atoms with E-state index >= 15 is 0 Å². The maximum Gasteiger partial charge on any atom is 0.416 e. The molecule has 0 radical (unpaired) electrons. The van der Waals surface area contributed by atoms with Crippen molar-refractivity contribution in [1.29, 1.82) is 0 Å². The van der Waals surface area contributed by atoms with Crippen molar-refractivity contribution in [3.63, 3.8) is 0 Å². The third-order valence-corrected chi connectivity index (χ3v) is 5.48. The number of halogens is 3. The van der Waals surface area contributed by atoms with Crippen LogP contribution in [0.25, 0.3) is 0 Å². The summed E-state index contributed by atoms with van der Waals surface area (Å²) < 4.78 is 63.0. The highest BCUT2D eigenvalue weighted by Gasteiger charge is 2.30. The van der Waals surface area contributed by atoms with Crippen molar-refractivity contribution in [1.82, 2.24) is 9.62 Å². The van der Waals surface area contributed by atoms with Crippen LogP contribution in [-0.2, 0) is 16.2 Å². The minimum atomic E-state index is -4.45. The first-order valence-corrected chi connectivity index (χ1v) is 9.43. The average molecular weight is 410 g/mol. The summed E-state index contributed by atoms with van der Waals surface area (Å²) in [6.07, 6.45) is -4.45. The third-order valence-electron chi connectivity index (χ3n) is 3.66. The van der Waals surface area contributed by atoms with E-state index in [0.29, 0.717) is 0 Å². The Balaban J connectivity index is 2.00. The predicted octanol–water partition coefficient (Wildman–Crippen LogP) is 2.74. The zero-order chi connectivity index (χ0) is 20.9. The standard InChI is InChI=1S/C19H17F3N2O3S/c1-24(2)28(26,27)17-10-8-15(9-11-17)18(25)23-12-4-6-14-5-3-7-16(13-14)19(20,21)22/h3,5,7-11,13H,12H2,1-2H3,(H,23,25). The zero-order valence-electron chi connectivity index (χ0n) is 15.0. The second-order valence-corrected chi connectivity index (χ2v) is 8.03. The highest BCUT2D eigenvalue weighted by atomic mass is 32.2. The van der Waals surface area contributed by atoms with Crippen LogP contribution in [0.2, 0.25) is 0 Å². The quantitative estimate of drug-likeness (QED) is 0.789. The van der Waals surface area contributed by atoms with Gasteiger partial charge in [-0.25, -0.2) is 12.7 Å². The maximum atomic E-state index is 12.7. The van der Waals surface area contributed by atoms with E-state index in [0.717, 1.165) is 16.4 Å². The number of carbonyl (C=O) groups excluding carboxylic acids is 1. The maximum absolute atomic E-state index is 12.7. The molecule has 0 heterocycles. The second kappa shape index (κ2) is 8.46. The average Bonchev–Trinajstić information content (AvgIpc) is 2.64. The van der Waals surface area contributed by atoms with Crippen LogP contribution in [0.4, 0.5) is 13.2 Å². The molecule has 0 aliphatic rings. The molecule has 28 heavy (non-hydrogen) atoms. The molecule has 0 spiro atoms. The Kier molecular flexibility index (Phi) is 6.48. The van der Waals surface area contributed by atoms with Crippen molar-refractivity contribution in [2.45, 2.75) is 11.1 Å². The number of hydrogen-bond acceptors (Lipinski definition) is 3. The number of amides is 1. The predicted molar refractivity (Wildman–Crippen MR) is 98.0 cm³/mol. The molecule has 0 fully saturated rings. The minimum Gasteiger partial charge on any atom is -0.341 e. The molecule has 0 saturated carbocycles. The van der Waals surface area contributed by atoms with E-state index < -0.39 is 27.7 Å². The number of alkyl halides is 3. The molecule has 0 saturated heterocycles. The summed E-state index contributed by atoms with van der Waals surface area (Å²) in [5.41, 5.74) is -0.378. The van der Waals surface area contributed by atoms with Gasteiger partial charge in [-0.05, 0) is 42.5 Å². The molecule has 1 N–H and O–H groups in total. The van der Waals surface area contributed by atoms with Gasteiger partial charge in [0.1, 0.15) is 0 Å². The van der Waals surface area contributed by atoms with Gasteiger partial charge in [0.2, 0.25) is 10.0 Å². The van der Waals surface area contributed by atoms with E-state index in [2.05, 4.69) is 17.2 Å². The van der Waals surface area contributed by atoms with Gasteiger partial charge in [0, 0.05) is 25.2 Å². The number of nitrogens with zero attached hydrogens (tertiary/aromatic N) is 1. The molecule has 2 aromatic carbocycles. The zero-order valence-corrected chi connectivity index (χ0v) is 15.9. The molecule has 9 heteroatoms. The third kappa shape index (κ3) is 5.34. The number of sulfonamides is 1. The van der Waals surface area contributed by atoms with Gasteiger partial charge in [0.15, 0.2) is 0 Å². The van der Waals surface area contributed by atoms with Gasteiger partial charge in [-0.2, -0.15) is 13.2 Å². The molecule has 2 aromatic rings. The van der Waals surface area contributed by atoms with Crippen LogP contribution in [0.15, 0.2) is 53.4 Å². The molecule has 148 valence electrons. The summed E-state index contributed by atoms with van der Waals surface area (Å²) in [5, 5.41) is 2.50. The SMILES string of the molecule is CN(C)S(=O)(=O)c1ccc(C(=O)NCC#Cc2cccc(C(F)(F)F)c2)cc1. The van der Waals surface area contributed by atoms with Gasteiger partial charge in [-0.1, -0.05) is 17.9 Å². The second-order valence-electron chi connectivity index (χ2n) is 5.87. The molecule has 0 aromatic heterocycles. The monoisotopic (exact) mass is 410 g/mol. The van der Waals surface area contributed by atoms with E-state index in [-0.39, 0.29) is 22.6 Å². The highest BCUT2D eigenvalue weighted by Crippen LogP contribution is 2.29. The lowest BCUT2D eigenvalue weighted by atomic mass is 10.1. The molecule has 2 rings (SSSR count). The largest absolute Gasteiger partial charge is 0.416 e. The van der Waals surface area contributed by atoms with E-state index in [9.17, 15) is 26.4 Å². The molecule has 1 amide bonds. The Bertz CT molecular complexity index is 1020. The van der Waals surface area contributed by atoms with Crippen molar-refractivity contribution in [3.8, 4) is 11.8 Å². The topological polar surface area (TPSA) is 66.5 Å². The van der Waals surface area contributed by atoms with Crippen molar-refractivity contribution >= 4 is 15.9 Å². The van der Waals surface area contributed by atoms with E-state index in [1.165, 1.54) is 50.5 Å². The van der Waals surface area contributed by atoms with E-state index in [4.69, 9.17) is 0 Å². The molecule has 0 unspecified atom stereocenters. The van der Waals surface area contributed by atoms with Crippen LogP contribution >= 0.6 is 0 Å². The fourth-order valence-corrected chi connectivity index (χ4v) is 3.04. The first kappa shape index (κ1) is 21.5. The van der Waals surface area contributed by atoms with Gasteiger partial charge < -0.3 is 5.32 Å². The lowest BCUT2D eigenvalue weighted by Crippen LogP contribution is -2.24. The van der Waals surface area contributed by atoms with Crippen LogP contribution in [0.1, 0.15) is 21.5 Å². The molecule has 5 nitrogen and oxygen atoms in total. The van der Waals surface area contributed by atoms with Crippen LogP contribution < -0.4 is 5.32 Å². The van der Waals surface area contributed by atoms with Crippen molar-refractivity contribution in [2.75, 3.05) is 20.6 Å². The molecular weight excluding hydrogens is 393 g/mol. The first-order chi connectivity index (χ1) is 13.0. The van der Waals surface area contributed by atoms with Crippen molar-refractivity contribution < 1.29 is 26.4 Å². The number of rotatable bonds is 4. The first-order valence-electron chi connectivity index (χ1n) is 7.99. The Labute approximate surface area is 161 Å². The lowest BCUT2D eigenvalue weighted by molar-refractivity contribution is -0.137. The Morgan fingerprint density at radius 3 is 2.32 bits per heavy atom. The molecule has 0 bridgehead atoms. The highest BCUT2D eigenvalue weighted by molar-refractivity contribution is 7.89. The minimum absolute atomic E-state index is 0.0541. The van der Waals surface area contributed by atoms with E-state index in [1.54, 1.807) is 0 Å². The fraction of sp³-hybridized carbons (Fsp3) is 0.211. The number of nitrogens with one attached hydrogen (secondary N) is 1. The van der Waals surface area contributed by atoms with Crippen molar-refractivity contribution in [2.24, 2.45) is 0 Å². The summed E-state index contributed by atoms with van der Waals surface area (Å²) in [5.74, 6) is 4.66. The summed E-state index contributed by atoms with van der Waals surface area (Å²) in [7, 11) is -0.782. The summed E-state index contributed by atoms with van der Waals surface area (Å²) in [6, 6.07) is 9.95. The number of benzene rings is 2. The summed E-state index contributed by atoms with van der Waals surface area (Å²) >= 11 is 0. The van der Waals surface area contributed by atoms with Gasteiger partial charge in [-0.3, -0.25) is 4.79 Å². The number of hydrogen-bond donors (Lipinski definition) is 1. The fourth-order valence-electron chi connectivity index (χ4n) is 2.14. The number of carbonyl (C=O) groups is 1. The molecule has 0 aliphatic heterocycles. The molecular formula is C19H17F3N2O3S. The van der Waals surface area contributed by atoms with Crippen LogP contribution in [0, 0.1) is 11.8 Å². The van der Waals surface area contributed by atoms with Crippen LogP contribution in [-0.4, -0.2) is 39.3 Å². The lowest BCUT2D eigenvalue weighted by Gasteiger charge is -2.11. The van der Waals surface area contributed by atoms with Gasteiger partial charge >= 0.3 is 6.18 Å². The Morgan fingerprint density at radius 2 is 1.75 bits per heavy atom. The van der Waals surface area contributed by atoms with Crippen molar-refractivity contribution in [3.05, 3.63) is 65.2 Å². The Hall–Kier alpha value is -2.83. The summed E-state index contributed by atoms with van der Waals surface area (Å²) in [4.78, 5) is 12.1. The normalized spacial score (nSPS) is 11.6. The van der Waals surface area contributed by atoms with Gasteiger partial charge in [0.05, 0.1) is 17.0 Å². The smallest absolute Gasteiger partial charge is 0.341 e. The summed E-state index contributed by atoms with van der Waals surface area (Å²) in [6.45, 7) is -0.0766. The molecule has 0 aliphatic carbocycles. The van der Waals surface area contributed by atoms with E-state index in [1.807, 2.05) is 0 Å². The Morgan fingerprint density at radius 1 is 1.11 bits per heavy atom. The van der Waals surface area contributed by atoms with Crippen LogP contribution in [0.3, 0.4) is 0 Å². The van der Waals surface area contributed by atoms with Gasteiger partial charge in [0.25, 0.3) is 5.91 Å². The molecule has 0 atom stereocenters.